The van der Waals surface area contributed by atoms with Crippen LogP contribution in [0.4, 0.5) is 4.39 Å². The smallest absolute Gasteiger partial charge is 0.308 e. The van der Waals surface area contributed by atoms with Crippen LogP contribution < -0.4 is 0 Å². The van der Waals surface area contributed by atoms with Gasteiger partial charge in [0.05, 0.1) is 5.92 Å². The summed E-state index contributed by atoms with van der Waals surface area (Å²) in [4.78, 5) is 25.3. The van der Waals surface area contributed by atoms with E-state index in [1.807, 2.05) is 6.92 Å². The first-order valence-corrected chi connectivity index (χ1v) is 7.66. The van der Waals surface area contributed by atoms with Crippen molar-refractivity contribution in [2.45, 2.75) is 39.2 Å². The lowest BCUT2D eigenvalue weighted by molar-refractivity contribution is -0.144. The van der Waals surface area contributed by atoms with E-state index in [1.54, 1.807) is 24.0 Å². The molecule has 2 atom stereocenters. The average molecular weight is 307 g/mol. The van der Waals surface area contributed by atoms with E-state index < -0.39 is 11.9 Å². The van der Waals surface area contributed by atoms with Gasteiger partial charge in [-0.25, -0.2) is 4.39 Å². The van der Waals surface area contributed by atoms with Crippen molar-refractivity contribution < 1.29 is 19.1 Å². The van der Waals surface area contributed by atoms with Crippen LogP contribution >= 0.6 is 0 Å². The molecule has 2 unspecified atom stereocenters. The number of amides is 1. The molecule has 4 nitrogen and oxygen atoms in total. The van der Waals surface area contributed by atoms with E-state index in [0.717, 1.165) is 18.4 Å². The van der Waals surface area contributed by atoms with E-state index >= 15 is 0 Å². The van der Waals surface area contributed by atoms with Gasteiger partial charge in [0.1, 0.15) is 5.82 Å². The maximum absolute atomic E-state index is 13.2. The predicted molar refractivity (Wildman–Crippen MR) is 80.8 cm³/mol. The summed E-state index contributed by atoms with van der Waals surface area (Å²) in [6.07, 6.45) is 2.33. The highest BCUT2D eigenvalue weighted by Crippen LogP contribution is 2.29. The lowest BCUT2D eigenvalue weighted by atomic mass is 9.99. The van der Waals surface area contributed by atoms with Crippen LogP contribution in [-0.2, 0) is 16.0 Å². The van der Waals surface area contributed by atoms with Crippen LogP contribution in [0.5, 0.6) is 0 Å². The zero-order chi connectivity index (χ0) is 16.3. The first-order valence-electron chi connectivity index (χ1n) is 7.66. The molecule has 1 aliphatic rings. The molecule has 1 aliphatic carbocycles. The molecule has 1 aromatic carbocycles. The van der Waals surface area contributed by atoms with Crippen molar-refractivity contribution in [3.63, 3.8) is 0 Å². The summed E-state index contributed by atoms with van der Waals surface area (Å²) in [6.45, 7) is 3.67. The second kappa shape index (κ2) is 6.90. The predicted octanol–water partition coefficient (Wildman–Crippen LogP) is 2.72. The number of carboxylic acids is 1. The first kappa shape index (κ1) is 16.5. The fourth-order valence-electron chi connectivity index (χ4n) is 2.57. The Labute approximate surface area is 129 Å². The van der Waals surface area contributed by atoms with E-state index in [1.165, 1.54) is 12.1 Å². The number of halogens is 1. The highest BCUT2D eigenvalue weighted by Gasteiger charge is 2.36. The number of benzene rings is 1. The molecule has 0 radical (unpaired) electrons. The van der Waals surface area contributed by atoms with Gasteiger partial charge in [0, 0.05) is 18.5 Å². The summed E-state index contributed by atoms with van der Waals surface area (Å²) < 4.78 is 13.2. The molecule has 0 saturated heterocycles. The molecule has 1 N–H and O–H groups in total. The molecule has 0 bridgehead atoms. The Morgan fingerprint density at radius 3 is 2.55 bits per heavy atom. The van der Waals surface area contributed by atoms with E-state index in [2.05, 4.69) is 0 Å². The SMILES string of the molecule is CC(CN(C(=O)C(C)Cc1cccc(F)c1)C1CC1)C(=O)O. The van der Waals surface area contributed by atoms with Crippen LogP contribution in [0.2, 0.25) is 0 Å². The van der Waals surface area contributed by atoms with E-state index in [4.69, 9.17) is 5.11 Å². The van der Waals surface area contributed by atoms with Gasteiger partial charge >= 0.3 is 5.97 Å². The van der Waals surface area contributed by atoms with Crippen LogP contribution in [0.3, 0.4) is 0 Å². The van der Waals surface area contributed by atoms with E-state index in [9.17, 15) is 14.0 Å². The molecule has 1 aromatic rings. The zero-order valence-corrected chi connectivity index (χ0v) is 13.0. The second-order valence-corrected chi connectivity index (χ2v) is 6.20. The first-order chi connectivity index (χ1) is 10.4. The van der Waals surface area contributed by atoms with Crippen molar-refractivity contribution in [2.75, 3.05) is 6.54 Å². The molecule has 1 amide bonds. The highest BCUT2D eigenvalue weighted by atomic mass is 19.1. The summed E-state index contributed by atoms with van der Waals surface area (Å²) >= 11 is 0. The van der Waals surface area contributed by atoms with Crippen molar-refractivity contribution in [3.05, 3.63) is 35.6 Å². The van der Waals surface area contributed by atoms with Gasteiger partial charge in [0.15, 0.2) is 0 Å². The number of hydrogen-bond acceptors (Lipinski definition) is 2. The second-order valence-electron chi connectivity index (χ2n) is 6.20. The molecule has 120 valence electrons. The van der Waals surface area contributed by atoms with Gasteiger partial charge < -0.3 is 10.0 Å². The van der Waals surface area contributed by atoms with E-state index in [-0.39, 0.29) is 30.2 Å². The van der Waals surface area contributed by atoms with Gasteiger partial charge in [-0.1, -0.05) is 26.0 Å². The Hall–Kier alpha value is -1.91. The quantitative estimate of drug-likeness (QED) is 0.842. The van der Waals surface area contributed by atoms with Gasteiger partial charge in [-0.15, -0.1) is 0 Å². The lowest BCUT2D eigenvalue weighted by Crippen LogP contribution is -2.41. The number of rotatable bonds is 7. The minimum Gasteiger partial charge on any atom is -0.481 e. The average Bonchev–Trinajstić information content (AvgIpc) is 3.28. The fourth-order valence-corrected chi connectivity index (χ4v) is 2.57. The number of nitrogens with zero attached hydrogens (tertiary/aromatic N) is 1. The fraction of sp³-hybridized carbons (Fsp3) is 0.529. The Bertz CT molecular complexity index is 557. The van der Waals surface area contributed by atoms with Crippen molar-refractivity contribution >= 4 is 11.9 Å². The Morgan fingerprint density at radius 1 is 1.32 bits per heavy atom. The number of carboxylic acid groups (broad SMARTS) is 1. The zero-order valence-electron chi connectivity index (χ0n) is 13.0. The largest absolute Gasteiger partial charge is 0.481 e. The summed E-state index contributed by atoms with van der Waals surface area (Å²) in [5.74, 6) is -2.11. The third kappa shape index (κ3) is 4.29. The standard InChI is InChI=1S/C17H22FNO3/c1-11(8-13-4-3-5-14(18)9-13)16(20)19(15-6-7-15)10-12(2)17(21)22/h3-5,9,11-12,15H,6-8,10H2,1-2H3,(H,21,22). The number of carbonyl (C=O) groups excluding carboxylic acids is 1. The Balaban J connectivity index is 2.01. The highest BCUT2D eigenvalue weighted by molar-refractivity contribution is 5.80. The third-order valence-electron chi connectivity index (χ3n) is 4.02. The Morgan fingerprint density at radius 2 is 2.00 bits per heavy atom. The van der Waals surface area contributed by atoms with Crippen LogP contribution in [0, 0.1) is 17.7 Å². The molecule has 1 fully saturated rings. The maximum atomic E-state index is 13.2. The summed E-state index contributed by atoms with van der Waals surface area (Å²) in [5.41, 5.74) is 0.780. The lowest BCUT2D eigenvalue weighted by Gasteiger charge is -2.27. The topological polar surface area (TPSA) is 57.6 Å². The normalized spacial score (nSPS) is 16.9. The van der Waals surface area contributed by atoms with Gasteiger partial charge in [-0.2, -0.15) is 0 Å². The van der Waals surface area contributed by atoms with Gasteiger partial charge in [-0.3, -0.25) is 9.59 Å². The molecule has 0 heterocycles. The molecular weight excluding hydrogens is 285 g/mol. The maximum Gasteiger partial charge on any atom is 0.308 e. The van der Waals surface area contributed by atoms with Crippen molar-refractivity contribution in [1.82, 2.24) is 4.90 Å². The summed E-state index contributed by atoms with van der Waals surface area (Å²) in [5, 5.41) is 9.04. The number of carbonyl (C=O) groups is 2. The van der Waals surface area contributed by atoms with Crippen LogP contribution in [0.15, 0.2) is 24.3 Å². The van der Waals surface area contributed by atoms with Gasteiger partial charge in [0.25, 0.3) is 0 Å². The summed E-state index contributed by atoms with van der Waals surface area (Å²) in [6, 6.07) is 6.41. The molecule has 2 rings (SSSR count). The van der Waals surface area contributed by atoms with Crippen molar-refractivity contribution in [3.8, 4) is 0 Å². The minimum absolute atomic E-state index is 0.0418. The van der Waals surface area contributed by atoms with Crippen LogP contribution in [0.1, 0.15) is 32.3 Å². The molecule has 0 aliphatic heterocycles. The number of hydrogen-bond donors (Lipinski definition) is 1. The molecular formula is C17H22FNO3. The van der Waals surface area contributed by atoms with E-state index in [0.29, 0.717) is 6.42 Å². The molecule has 5 heteroatoms. The third-order valence-corrected chi connectivity index (χ3v) is 4.02. The number of aliphatic carboxylic acids is 1. The Kier molecular flexibility index (Phi) is 5.16. The van der Waals surface area contributed by atoms with Gasteiger partial charge in [-0.05, 0) is 37.0 Å². The summed E-state index contributed by atoms with van der Waals surface area (Å²) in [7, 11) is 0. The van der Waals surface area contributed by atoms with Crippen LogP contribution in [0.25, 0.3) is 0 Å². The van der Waals surface area contributed by atoms with Gasteiger partial charge in [0.2, 0.25) is 5.91 Å². The van der Waals surface area contributed by atoms with Crippen molar-refractivity contribution in [2.24, 2.45) is 11.8 Å². The molecule has 1 saturated carbocycles. The monoisotopic (exact) mass is 307 g/mol. The molecule has 0 aromatic heterocycles. The molecule has 0 spiro atoms. The minimum atomic E-state index is -0.892. The van der Waals surface area contributed by atoms with Crippen LogP contribution in [-0.4, -0.2) is 34.5 Å². The molecule has 22 heavy (non-hydrogen) atoms. The van der Waals surface area contributed by atoms with Crippen molar-refractivity contribution in [1.29, 1.82) is 0 Å².